The molecule has 0 radical (unpaired) electrons. The number of rotatable bonds is 5. The van der Waals surface area contributed by atoms with Gasteiger partial charge < -0.3 is 15.4 Å². The second-order valence-corrected chi connectivity index (χ2v) is 7.20. The van der Waals surface area contributed by atoms with Gasteiger partial charge in [0.1, 0.15) is 11.3 Å². The van der Waals surface area contributed by atoms with Gasteiger partial charge in [0.15, 0.2) is 11.6 Å². The fourth-order valence-electron chi connectivity index (χ4n) is 1.99. The highest BCUT2D eigenvalue weighted by Crippen LogP contribution is 2.28. The van der Waals surface area contributed by atoms with E-state index in [4.69, 9.17) is 4.74 Å². The minimum atomic E-state index is -0.996. The second kappa shape index (κ2) is 8.22. The summed E-state index contributed by atoms with van der Waals surface area (Å²) in [7, 11) is 0. The molecule has 6 nitrogen and oxygen atoms in total. The summed E-state index contributed by atoms with van der Waals surface area (Å²) in [4.78, 5) is 28.2. The average Bonchev–Trinajstić information content (AvgIpc) is 3.02. The molecule has 0 unspecified atom stereocenters. The third-order valence-electron chi connectivity index (χ3n) is 3.04. The normalized spacial score (nSPS) is 11.1. The van der Waals surface area contributed by atoms with Crippen LogP contribution in [0.25, 0.3) is 10.4 Å². The van der Waals surface area contributed by atoms with Crippen molar-refractivity contribution in [3.63, 3.8) is 0 Å². The number of alkyl carbamates (subject to hydrolysis) is 1. The first-order chi connectivity index (χ1) is 12.2. The molecule has 0 atom stereocenters. The minimum absolute atomic E-state index is 0.110. The molecule has 1 aromatic carbocycles. The Kier molecular flexibility index (Phi) is 6.25. The summed E-state index contributed by atoms with van der Waals surface area (Å²) in [6, 6.07) is 3.40. The SMILES string of the molecule is CC(C)(C)OC(=O)NCCNC(=O)c1ncsc1-c1ccc(F)c(F)c1. The maximum absolute atomic E-state index is 13.4. The molecule has 0 saturated heterocycles. The number of ether oxygens (including phenoxy) is 1. The van der Waals surface area contributed by atoms with Crippen molar-refractivity contribution >= 4 is 23.3 Å². The molecule has 0 aliphatic carbocycles. The van der Waals surface area contributed by atoms with Crippen LogP contribution in [-0.2, 0) is 4.74 Å². The van der Waals surface area contributed by atoms with Crippen LogP contribution in [0.1, 0.15) is 31.3 Å². The Morgan fingerprint density at radius 2 is 1.85 bits per heavy atom. The highest BCUT2D eigenvalue weighted by molar-refractivity contribution is 7.13. The van der Waals surface area contributed by atoms with Gasteiger partial charge in [0.2, 0.25) is 0 Å². The Labute approximate surface area is 153 Å². The zero-order valence-corrected chi connectivity index (χ0v) is 15.4. The van der Waals surface area contributed by atoms with Crippen molar-refractivity contribution in [3.8, 4) is 10.4 Å². The number of nitrogens with zero attached hydrogens (tertiary/aromatic N) is 1. The highest BCUT2D eigenvalue weighted by Gasteiger charge is 2.18. The third kappa shape index (κ3) is 5.48. The van der Waals surface area contributed by atoms with Crippen molar-refractivity contribution in [2.75, 3.05) is 13.1 Å². The van der Waals surface area contributed by atoms with Gasteiger partial charge in [-0.2, -0.15) is 0 Å². The van der Waals surface area contributed by atoms with E-state index in [-0.39, 0.29) is 18.8 Å². The molecule has 1 aromatic heterocycles. The standard InChI is InChI=1S/C17H19F2N3O3S/c1-17(2,3)25-16(24)21-7-6-20-15(23)13-14(26-9-22-13)10-4-5-11(18)12(19)8-10/h4-5,8-9H,6-7H2,1-3H3,(H,20,23)(H,21,24). The van der Waals surface area contributed by atoms with Crippen molar-refractivity contribution < 1.29 is 23.1 Å². The molecular formula is C17H19F2N3O3S. The highest BCUT2D eigenvalue weighted by atomic mass is 32.1. The predicted molar refractivity (Wildman–Crippen MR) is 94.0 cm³/mol. The predicted octanol–water partition coefficient (Wildman–Crippen LogP) is 3.34. The molecule has 0 aliphatic heterocycles. The Bertz CT molecular complexity index is 803. The number of amides is 2. The lowest BCUT2D eigenvalue weighted by Gasteiger charge is -2.19. The first-order valence-corrected chi connectivity index (χ1v) is 8.69. The Balaban J connectivity index is 1.92. The lowest BCUT2D eigenvalue weighted by atomic mass is 10.1. The smallest absolute Gasteiger partial charge is 0.407 e. The van der Waals surface area contributed by atoms with Crippen LogP contribution in [0.15, 0.2) is 23.7 Å². The van der Waals surface area contributed by atoms with Gasteiger partial charge in [0.05, 0.1) is 10.4 Å². The van der Waals surface area contributed by atoms with E-state index < -0.39 is 29.2 Å². The van der Waals surface area contributed by atoms with E-state index in [0.29, 0.717) is 10.4 Å². The molecule has 1 heterocycles. The molecule has 140 valence electrons. The molecule has 9 heteroatoms. The van der Waals surface area contributed by atoms with Crippen molar-refractivity contribution in [3.05, 3.63) is 41.0 Å². The summed E-state index contributed by atoms with van der Waals surface area (Å²) >= 11 is 1.15. The van der Waals surface area contributed by atoms with Crippen LogP contribution >= 0.6 is 11.3 Å². The summed E-state index contributed by atoms with van der Waals surface area (Å²) in [5, 5.41) is 5.12. The average molecular weight is 383 g/mol. The second-order valence-electron chi connectivity index (χ2n) is 6.34. The molecule has 2 aromatic rings. The van der Waals surface area contributed by atoms with Gasteiger partial charge in [-0.05, 0) is 38.5 Å². The summed E-state index contributed by atoms with van der Waals surface area (Å²) < 4.78 is 31.5. The number of thiazole rings is 1. The van der Waals surface area contributed by atoms with Crippen molar-refractivity contribution in [1.82, 2.24) is 15.6 Å². The van der Waals surface area contributed by atoms with Crippen LogP contribution in [0, 0.1) is 11.6 Å². The van der Waals surface area contributed by atoms with Gasteiger partial charge >= 0.3 is 6.09 Å². The summed E-state index contributed by atoms with van der Waals surface area (Å²) in [6.45, 7) is 5.57. The first kappa shape index (κ1) is 19.8. The minimum Gasteiger partial charge on any atom is -0.444 e. The lowest BCUT2D eigenvalue weighted by molar-refractivity contribution is 0.0526. The van der Waals surface area contributed by atoms with Crippen molar-refractivity contribution in [2.24, 2.45) is 0 Å². The summed E-state index contributed by atoms with van der Waals surface area (Å²) in [6.07, 6.45) is -0.581. The zero-order valence-electron chi connectivity index (χ0n) is 14.6. The van der Waals surface area contributed by atoms with E-state index in [0.717, 1.165) is 23.5 Å². The van der Waals surface area contributed by atoms with E-state index in [1.54, 1.807) is 20.8 Å². The molecule has 0 fully saturated rings. The topological polar surface area (TPSA) is 80.3 Å². The Morgan fingerprint density at radius 1 is 1.15 bits per heavy atom. The summed E-state index contributed by atoms with van der Waals surface area (Å²) in [5.41, 5.74) is 1.32. The van der Waals surface area contributed by atoms with Crippen molar-refractivity contribution in [1.29, 1.82) is 0 Å². The number of aromatic nitrogens is 1. The van der Waals surface area contributed by atoms with Gasteiger partial charge in [0.25, 0.3) is 5.91 Å². The number of nitrogens with one attached hydrogen (secondary N) is 2. The van der Waals surface area contributed by atoms with Crippen LogP contribution < -0.4 is 10.6 Å². The maximum atomic E-state index is 13.4. The summed E-state index contributed by atoms with van der Waals surface area (Å²) in [5.74, 6) is -2.43. The molecule has 0 aliphatic rings. The van der Waals surface area contributed by atoms with Gasteiger partial charge in [-0.3, -0.25) is 4.79 Å². The third-order valence-corrected chi connectivity index (χ3v) is 3.92. The van der Waals surface area contributed by atoms with E-state index in [2.05, 4.69) is 15.6 Å². The fourth-order valence-corrected chi connectivity index (χ4v) is 2.77. The van der Waals surface area contributed by atoms with Gasteiger partial charge in [-0.1, -0.05) is 6.07 Å². The number of carbonyl (C=O) groups excluding carboxylic acids is 2. The van der Waals surface area contributed by atoms with E-state index in [9.17, 15) is 18.4 Å². The lowest BCUT2D eigenvalue weighted by Crippen LogP contribution is -2.38. The number of hydrogen-bond acceptors (Lipinski definition) is 5. The van der Waals surface area contributed by atoms with Gasteiger partial charge in [-0.15, -0.1) is 11.3 Å². The molecule has 2 amide bonds. The van der Waals surface area contributed by atoms with Crippen LogP contribution in [0.4, 0.5) is 13.6 Å². The Hall–Kier alpha value is -2.55. The quantitative estimate of drug-likeness (QED) is 0.776. The first-order valence-electron chi connectivity index (χ1n) is 7.81. The Morgan fingerprint density at radius 3 is 2.50 bits per heavy atom. The van der Waals surface area contributed by atoms with Gasteiger partial charge in [0, 0.05) is 13.1 Å². The van der Waals surface area contributed by atoms with E-state index in [1.165, 1.54) is 11.6 Å². The molecule has 2 N–H and O–H groups in total. The van der Waals surface area contributed by atoms with Crippen LogP contribution in [0.2, 0.25) is 0 Å². The molecule has 0 spiro atoms. The van der Waals surface area contributed by atoms with Crippen molar-refractivity contribution in [2.45, 2.75) is 26.4 Å². The van der Waals surface area contributed by atoms with Gasteiger partial charge in [-0.25, -0.2) is 18.6 Å². The number of halogens is 2. The molecule has 2 rings (SSSR count). The van der Waals surface area contributed by atoms with E-state index >= 15 is 0 Å². The number of hydrogen-bond donors (Lipinski definition) is 2. The molecule has 0 saturated carbocycles. The molecule has 26 heavy (non-hydrogen) atoms. The van der Waals surface area contributed by atoms with Crippen LogP contribution in [0.5, 0.6) is 0 Å². The largest absolute Gasteiger partial charge is 0.444 e. The van der Waals surface area contributed by atoms with Crippen LogP contribution in [-0.4, -0.2) is 35.7 Å². The monoisotopic (exact) mass is 383 g/mol. The van der Waals surface area contributed by atoms with E-state index in [1.807, 2.05) is 0 Å². The fraction of sp³-hybridized carbons (Fsp3) is 0.353. The zero-order chi connectivity index (χ0) is 19.3. The molecule has 0 bridgehead atoms. The number of carbonyl (C=O) groups is 2. The molecular weight excluding hydrogens is 364 g/mol. The van der Waals surface area contributed by atoms with Crippen LogP contribution in [0.3, 0.4) is 0 Å². The maximum Gasteiger partial charge on any atom is 0.407 e. The number of benzene rings is 1.